The van der Waals surface area contributed by atoms with Crippen LogP contribution in [0.25, 0.3) is 0 Å². The summed E-state index contributed by atoms with van der Waals surface area (Å²) in [5.74, 6) is -0.968. The zero-order chi connectivity index (χ0) is 19.8. The number of nitrogen functional groups attached to an aromatic ring is 1. The van der Waals surface area contributed by atoms with Gasteiger partial charge in [0.2, 0.25) is 0 Å². The maximum absolute atomic E-state index is 10.7. The van der Waals surface area contributed by atoms with Gasteiger partial charge < -0.3 is 15.6 Å². The molecule has 1 rings (SSSR count). The fraction of sp³-hybridized carbons (Fsp3) is 0.600. The Morgan fingerprint density at radius 1 is 1.04 bits per heavy atom. The number of hydrogen-bond donors (Lipinski definition) is 2. The van der Waals surface area contributed by atoms with Crippen molar-refractivity contribution in [3.05, 3.63) is 29.3 Å². The van der Waals surface area contributed by atoms with Crippen LogP contribution in [0.1, 0.15) is 81.1 Å². The van der Waals surface area contributed by atoms with Crippen molar-refractivity contribution >= 4 is 28.7 Å². The van der Waals surface area contributed by atoms with Gasteiger partial charge in [-0.2, -0.15) is 0 Å². The van der Waals surface area contributed by atoms with Crippen molar-refractivity contribution in [2.75, 3.05) is 12.3 Å². The quantitative estimate of drug-likeness (QED) is 0.275. The first-order valence-corrected chi connectivity index (χ1v) is 9.74. The second-order valence-electron chi connectivity index (χ2n) is 6.18. The molecule has 148 valence electrons. The lowest BCUT2D eigenvalue weighted by Crippen LogP contribution is -2.02. The molecule has 1 aromatic carbocycles. The molecule has 1 aromatic rings. The summed E-state index contributed by atoms with van der Waals surface area (Å²) in [6.45, 7) is 4.78. The van der Waals surface area contributed by atoms with E-state index in [1.165, 1.54) is 25.7 Å². The third-order valence-corrected chi connectivity index (χ3v) is 3.99. The molecule has 0 amide bonds. The number of nitrogens with two attached hydrogens (primary N) is 1. The van der Waals surface area contributed by atoms with Gasteiger partial charge >= 0.3 is 11.4 Å². The summed E-state index contributed by atoms with van der Waals surface area (Å²) in [7, 11) is 0. The molecule has 0 saturated heterocycles. The van der Waals surface area contributed by atoms with Gasteiger partial charge in [-0.15, -0.1) is 0 Å². The normalized spacial score (nSPS) is 9.96. The highest BCUT2D eigenvalue weighted by Gasteiger charge is 2.07. The third kappa shape index (κ3) is 12.6. The molecule has 0 unspecified atom stereocenters. The highest BCUT2D eigenvalue weighted by atomic mass is 35.5. The number of aromatic carboxylic acids is 1. The standard InChI is InChI=1S/C11H15NO2.C9H17ClO2/c1-2-3-4-8-5-6-9(11(13)14)10(12)7-8;1-2-3-4-5-6-7-8-12-9(10)11/h5-7H,2-4,12H2,1H3,(H,13,14);2-8H2,1H3. The molecule has 5 nitrogen and oxygen atoms in total. The van der Waals surface area contributed by atoms with Crippen molar-refractivity contribution < 1.29 is 19.4 Å². The fourth-order valence-corrected chi connectivity index (χ4v) is 2.46. The summed E-state index contributed by atoms with van der Waals surface area (Å²) in [6.07, 6.45) is 10.3. The molecule has 0 aliphatic heterocycles. The molecule has 0 bridgehead atoms. The van der Waals surface area contributed by atoms with Crippen molar-refractivity contribution in [3.63, 3.8) is 0 Å². The number of carbonyl (C=O) groups excluding carboxylic acids is 1. The SMILES string of the molecule is CCCCCCCCOC(=O)Cl.CCCCc1ccc(C(=O)O)c(N)c1. The van der Waals surface area contributed by atoms with Gasteiger partial charge in [-0.25, -0.2) is 9.59 Å². The minimum atomic E-state index is -0.968. The van der Waals surface area contributed by atoms with Crippen molar-refractivity contribution in [1.82, 2.24) is 0 Å². The molecule has 0 radical (unpaired) electrons. The first-order valence-electron chi connectivity index (χ1n) is 9.36. The number of halogens is 1. The van der Waals surface area contributed by atoms with Crippen LogP contribution in [0.5, 0.6) is 0 Å². The molecule has 0 spiro atoms. The molecule has 0 atom stereocenters. The minimum absolute atomic E-state index is 0.185. The Balaban J connectivity index is 0.000000488. The average molecular weight is 386 g/mol. The molecule has 0 fully saturated rings. The molecule has 0 aliphatic rings. The van der Waals surface area contributed by atoms with E-state index < -0.39 is 11.4 Å². The van der Waals surface area contributed by atoms with E-state index in [2.05, 4.69) is 18.6 Å². The molecule has 6 heteroatoms. The Hall–Kier alpha value is -1.75. The van der Waals surface area contributed by atoms with Crippen LogP contribution >= 0.6 is 11.6 Å². The van der Waals surface area contributed by atoms with Gasteiger partial charge in [0.1, 0.15) is 0 Å². The number of hydrogen-bond acceptors (Lipinski definition) is 4. The summed E-state index contributed by atoms with van der Waals surface area (Å²) in [6, 6.07) is 5.15. The van der Waals surface area contributed by atoms with Crippen LogP contribution in [0, 0.1) is 0 Å². The monoisotopic (exact) mass is 385 g/mol. The molecule has 0 aromatic heterocycles. The smallest absolute Gasteiger partial charge is 0.403 e. The first-order chi connectivity index (χ1) is 12.4. The van der Waals surface area contributed by atoms with Gasteiger partial charge in [0.05, 0.1) is 12.2 Å². The van der Waals surface area contributed by atoms with E-state index in [9.17, 15) is 9.59 Å². The highest BCUT2D eigenvalue weighted by Crippen LogP contribution is 2.15. The summed E-state index contributed by atoms with van der Waals surface area (Å²) in [5, 5.41) is 8.75. The van der Waals surface area contributed by atoms with Crippen LogP contribution in [-0.4, -0.2) is 23.1 Å². The zero-order valence-electron chi connectivity index (χ0n) is 15.9. The van der Waals surface area contributed by atoms with Gasteiger partial charge in [-0.05, 0) is 37.0 Å². The van der Waals surface area contributed by atoms with E-state index in [-0.39, 0.29) is 5.56 Å². The Morgan fingerprint density at radius 3 is 2.19 bits per heavy atom. The number of benzene rings is 1. The van der Waals surface area contributed by atoms with Gasteiger partial charge in [0.15, 0.2) is 0 Å². The molecule has 3 N–H and O–H groups in total. The number of carbonyl (C=O) groups is 2. The van der Waals surface area contributed by atoms with Gasteiger partial charge in [-0.1, -0.05) is 58.4 Å². The average Bonchev–Trinajstić information content (AvgIpc) is 2.59. The summed E-state index contributed by atoms with van der Waals surface area (Å²) >= 11 is 4.98. The Labute approximate surface area is 161 Å². The molecular weight excluding hydrogens is 354 g/mol. The lowest BCUT2D eigenvalue weighted by Gasteiger charge is -2.04. The van der Waals surface area contributed by atoms with Crippen molar-refractivity contribution in [2.45, 2.75) is 71.6 Å². The number of carboxylic acids is 1. The van der Waals surface area contributed by atoms with Crippen molar-refractivity contribution in [3.8, 4) is 0 Å². The number of rotatable bonds is 11. The van der Waals surface area contributed by atoms with Crippen LogP contribution in [-0.2, 0) is 11.2 Å². The summed E-state index contributed by atoms with van der Waals surface area (Å²) < 4.78 is 4.57. The Morgan fingerprint density at radius 2 is 1.65 bits per heavy atom. The van der Waals surface area contributed by atoms with Crippen LogP contribution < -0.4 is 5.73 Å². The maximum atomic E-state index is 10.7. The fourth-order valence-electron chi connectivity index (χ4n) is 2.38. The van der Waals surface area contributed by atoms with Crippen LogP contribution in [0.4, 0.5) is 10.5 Å². The maximum Gasteiger partial charge on any atom is 0.403 e. The molecule has 0 aliphatic carbocycles. The second kappa shape index (κ2) is 15.5. The van der Waals surface area contributed by atoms with Crippen LogP contribution in [0.15, 0.2) is 18.2 Å². The van der Waals surface area contributed by atoms with E-state index >= 15 is 0 Å². The van der Waals surface area contributed by atoms with Gasteiger partial charge in [-0.3, -0.25) is 0 Å². The lowest BCUT2D eigenvalue weighted by atomic mass is 10.0. The third-order valence-electron chi connectivity index (χ3n) is 3.88. The largest absolute Gasteiger partial charge is 0.478 e. The number of carboxylic acid groups (broad SMARTS) is 1. The number of anilines is 1. The number of ether oxygens (including phenoxy) is 1. The Kier molecular flexibility index (Phi) is 14.5. The van der Waals surface area contributed by atoms with Crippen molar-refractivity contribution in [2.24, 2.45) is 0 Å². The molecule has 26 heavy (non-hydrogen) atoms. The number of unbranched alkanes of at least 4 members (excludes halogenated alkanes) is 6. The van der Waals surface area contributed by atoms with E-state index in [0.717, 1.165) is 37.7 Å². The number of aryl methyl sites for hydroxylation is 1. The summed E-state index contributed by atoms with van der Waals surface area (Å²) in [4.78, 5) is 20.8. The molecular formula is C20H32ClNO4. The van der Waals surface area contributed by atoms with E-state index in [1.807, 2.05) is 6.07 Å². The minimum Gasteiger partial charge on any atom is -0.478 e. The van der Waals surface area contributed by atoms with E-state index in [1.54, 1.807) is 12.1 Å². The van der Waals surface area contributed by atoms with Crippen LogP contribution in [0.3, 0.4) is 0 Å². The second-order valence-corrected chi connectivity index (χ2v) is 6.49. The summed E-state index contributed by atoms with van der Waals surface area (Å²) in [5.41, 5.74) is 6.57. The topological polar surface area (TPSA) is 89.6 Å². The zero-order valence-corrected chi connectivity index (χ0v) is 16.7. The lowest BCUT2D eigenvalue weighted by molar-refractivity contribution is 0.0698. The predicted molar refractivity (Wildman–Crippen MR) is 107 cm³/mol. The van der Waals surface area contributed by atoms with Gasteiger partial charge in [0.25, 0.3) is 0 Å². The molecule has 0 saturated carbocycles. The van der Waals surface area contributed by atoms with Crippen LogP contribution in [0.2, 0.25) is 0 Å². The predicted octanol–water partition coefficient (Wildman–Crippen LogP) is 6.03. The Bertz CT molecular complexity index is 535. The van der Waals surface area contributed by atoms with E-state index in [4.69, 9.17) is 22.4 Å². The highest BCUT2D eigenvalue weighted by molar-refractivity contribution is 6.61. The van der Waals surface area contributed by atoms with Gasteiger partial charge in [0, 0.05) is 17.3 Å². The van der Waals surface area contributed by atoms with E-state index in [0.29, 0.717) is 12.3 Å². The molecule has 0 heterocycles. The first kappa shape index (κ1) is 24.2. The van der Waals surface area contributed by atoms with Crippen molar-refractivity contribution in [1.29, 1.82) is 0 Å².